The first kappa shape index (κ1) is 32.7. The van der Waals surface area contributed by atoms with Crippen LogP contribution < -0.4 is 10.1 Å². The Balaban J connectivity index is 0.00000324. The number of fused-ring (bicyclic) bond motifs is 1. The maximum Gasteiger partial charge on any atom is 0.160 e. The van der Waals surface area contributed by atoms with Gasteiger partial charge in [-0.05, 0) is 81.9 Å². The molecule has 1 atom stereocenters. The molecule has 0 radical (unpaired) electrons. The van der Waals surface area contributed by atoms with Crippen molar-refractivity contribution in [3.05, 3.63) is 52.5 Å². The predicted molar refractivity (Wildman–Crippen MR) is 155 cm³/mol. The summed E-state index contributed by atoms with van der Waals surface area (Å²) < 4.78 is 5.71. The number of ether oxygens (including phenoxy) is 1. The van der Waals surface area contributed by atoms with Crippen LogP contribution in [0.25, 0.3) is 0 Å². The molecule has 1 aliphatic carbocycles. The van der Waals surface area contributed by atoms with Gasteiger partial charge in [-0.2, -0.15) is 0 Å². The van der Waals surface area contributed by atoms with Gasteiger partial charge in [0.15, 0.2) is 11.5 Å². The number of para-hydroxylation sites is 1. The van der Waals surface area contributed by atoms with Gasteiger partial charge in [-0.25, -0.2) is 0 Å². The SMILES string of the molecule is CCCCN(CCCCCCNCCOc1ccccc1Cl)[C@H]1CCc2c(ccc(O)c2O)C1.Cl.Cl. The number of hydrogen-bond acceptors (Lipinski definition) is 5. The smallest absolute Gasteiger partial charge is 0.160 e. The average molecular weight is 562 g/mol. The highest BCUT2D eigenvalue weighted by molar-refractivity contribution is 6.32. The van der Waals surface area contributed by atoms with Crippen LogP contribution in [0.4, 0.5) is 0 Å². The third kappa shape index (κ3) is 10.2. The van der Waals surface area contributed by atoms with Gasteiger partial charge in [-0.3, -0.25) is 0 Å². The van der Waals surface area contributed by atoms with E-state index in [1.165, 1.54) is 44.1 Å². The normalized spacial score (nSPS) is 14.6. The van der Waals surface area contributed by atoms with Crippen LogP contribution in [0.2, 0.25) is 5.02 Å². The number of nitrogens with zero attached hydrogens (tertiary/aromatic N) is 1. The Bertz CT molecular complexity index is 885. The molecule has 5 nitrogen and oxygen atoms in total. The van der Waals surface area contributed by atoms with Gasteiger partial charge in [0.25, 0.3) is 0 Å². The Hall–Kier alpha value is -1.37. The van der Waals surface area contributed by atoms with Crippen molar-refractivity contribution in [3.63, 3.8) is 0 Å². The monoisotopic (exact) mass is 560 g/mol. The van der Waals surface area contributed by atoms with E-state index >= 15 is 0 Å². The number of phenols is 2. The molecule has 0 spiro atoms. The van der Waals surface area contributed by atoms with Gasteiger partial charge in [0.1, 0.15) is 12.4 Å². The molecule has 0 saturated carbocycles. The van der Waals surface area contributed by atoms with E-state index in [9.17, 15) is 10.2 Å². The summed E-state index contributed by atoms with van der Waals surface area (Å²) in [7, 11) is 0. The number of benzene rings is 2. The van der Waals surface area contributed by atoms with Crippen LogP contribution >= 0.6 is 36.4 Å². The second-order valence-corrected chi connectivity index (χ2v) is 9.71. The number of hydrogen-bond donors (Lipinski definition) is 3. The van der Waals surface area contributed by atoms with E-state index in [1.807, 2.05) is 30.3 Å². The fraction of sp³-hybridized carbons (Fsp3) is 0.571. The van der Waals surface area contributed by atoms with Crippen LogP contribution in [0.5, 0.6) is 17.2 Å². The lowest BCUT2D eigenvalue weighted by atomic mass is 9.86. The Morgan fingerprint density at radius 3 is 2.50 bits per heavy atom. The van der Waals surface area contributed by atoms with E-state index in [0.717, 1.165) is 56.8 Å². The standard InChI is InChI=1S/C28H41ClN2O3.2ClH/c1-2-3-18-31(23-13-14-24-22(21-23)12-15-26(32)28(24)33)19-9-5-4-8-16-30-17-20-34-27-11-7-6-10-25(27)29;;/h6-7,10-12,15,23,30,32-33H,2-5,8-9,13-14,16-21H2,1H3;2*1H/t23-;;/m0../s1. The number of halogens is 3. The van der Waals surface area contributed by atoms with Crippen molar-refractivity contribution >= 4 is 36.4 Å². The molecule has 8 heteroatoms. The molecule has 2 aromatic rings. The molecule has 0 unspecified atom stereocenters. The first-order chi connectivity index (χ1) is 16.6. The van der Waals surface area contributed by atoms with Gasteiger partial charge < -0.3 is 25.2 Å². The summed E-state index contributed by atoms with van der Waals surface area (Å²) in [6.45, 7) is 7.00. The summed E-state index contributed by atoms with van der Waals surface area (Å²) in [5.41, 5.74) is 2.13. The Morgan fingerprint density at radius 2 is 1.72 bits per heavy atom. The predicted octanol–water partition coefficient (Wildman–Crippen LogP) is 6.78. The zero-order valence-corrected chi connectivity index (χ0v) is 23.8. The van der Waals surface area contributed by atoms with Crippen molar-refractivity contribution in [2.75, 3.05) is 32.8 Å². The van der Waals surface area contributed by atoms with E-state index in [4.69, 9.17) is 16.3 Å². The van der Waals surface area contributed by atoms with Crippen LogP contribution in [0.1, 0.15) is 63.0 Å². The van der Waals surface area contributed by atoms with Crippen molar-refractivity contribution in [2.45, 2.75) is 70.8 Å². The van der Waals surface area contributed by atoms with Crippen LogP contribution in [-0.4, -0.2) is 53.9 Å². The van der Waals surface area contributed by atoms with Crippen molar-refractivity contribution in [2.24, 2.45) is 0 Å². The molecule has 2 aromatic carbocycles. The molecule has 204 valence electrons. The Morgan fingerprint density at radius 1 is 0.972 bits per heavy atom. The Kier molecular flexibility index (Phi) is 16.3. The van der Waals surface area contributed by atoms with E-state index in [-0.39, 0.29) is 36.3 Å². The summed E-state index contributed by atoms with van der Waals surface area (Å²) in [4.78, 5) is 2.67. The third-order valence-corrected chi connectivity index (χ3v) is 7.09. The van der Waals surface area contributed by atoms with Crippen LogP contribution in [0.15, 0.2) is 36.4 Å². The molecule has 0 amide bonds. The van der Waals surface area contributed by atoms with Gasteiger partial charge in [0, 0.05) is 18.2 Å². The minimum absolute atomic E-state index is 0. The minimum Gasteiger partial charge on any atom is -0.504 e. The fourth-order valence-electron chi connectivity index (χ4n) is 4.79. The zero-order valence-electron chi connectivity index (χ0n) is 21.4. The first-order valence-electron chi connectivity index (χ1n) is 12.9. The van der Waals surface area contributed by atoms with Gasteiger partial charge in [-0.15, -0.1) is 24.8 Å². The number of rotatable bonds is 15. The van der Waals surface area contributed by atoms with Crippen molar-refractivity contribution in [3.8, 4) is 17.2 Å². The highest BCUT2D eigenvalue weighted by atomic mass is 35.5. The van der Waals surface area contributed by atoms with E-state index in [1.54, 1.807) is 6.07 Å². The molecule has 0 fully saturated rings. The van der Waals surface area contributed by atoms with Gasteiger partial charge in [0.05, 0.1) is 5.02 Å². The molecule has 1 aliphatic rings. The first-order valence-corrected chi connectivity index (χ1v) is 13.3. The number of phenolic OH excluding ortho intramolecular Hbond substituents is 2. The number of aromatic hydroxyl groups is 2. The molecule has 0 aliphatic heterocycles. The molecule has 0 aromatic heterocycles. The molecular weight excluding hydrogens is 519 g/mol. The van der Waals surface area contributed by atoms with E-state index in [0.29, 0.717) is 17.7 Å². The van der Waals surface area contributed by atoms with Crippen molar-refractivity contribution < 1.29 is 14.9 Å². The quantitative estimate of drug-likeness (QED) is 0.165. The molecule has 0 heterocycles. The molecule has 3 rings (SSSR count). The highest BCUT2D eigenvalue weighted by Gasteiger charge is 2.26. The summed E-state index contributed by atoms with van der Waals surface area (Å²) in [5.74, 6) is 0.831. The summed E-state index contributed by atoms with van der Waals surface area (Å²) >= 11 is 6.10. The lowest BCUT2D eigenvalue weighted by Gasteiger charge is -2.35. The Labute approximate surface area is 234 Å². The molecule has 36 heavy (non-hydrogen) atoms. The van der Waals surface area contributed by atoms with Gasteiger partial charge >= 0.3 is 0 Å². The summed E-state index contributed by atoms with van der Waals surface area (Å²) in [6, 6.07) is 11.7. The van der Waals surface area contributed by atoms with E-state index < -0.39 is 0 Å². The van der Waals surface area contributed by atoms with Gasteiger partial charge in [-0.1, -0.05) is 56.0 Å². The molecule has 3 N–H and O–H groups in total. The third-order valence-electron chi connectivity index (χ3n) is 6.78. The van der Waals surface area contributed by atoms with Crippen molar-refractivity contribution in [1.29, 1.82) is 0 Å². The lowest BCUT2D eigenvalue weighted by molar-refractivity contribution is 0.172. The zero-order chi connectivity index (χ0) is 24.2. The molecule has 0 saturated heterocycles. The second kappa shape index (κ2) is 18.0. The average Bonchev–Trinajstić information content (AvgIpc) is 2.85. The fourth-order valence-corrected chi connectivity index (χ4v) is 4.98. The minimum atomic E-state index is 0. The second-order valence-electron chi connectivity index (χ2n) is 9.30. The van der Waals surface area contributed by atoms with E-state index in [2.05, 4.69) is 17.1 Å². The van der Waals surface area contributed by atoms with Crippen LogP contribution in [-0.2, 0) is 12.8 Å². The van der Waals surface area contributed by atoms with Crippen molar-refractivity contribution in [1.82, 2.24) is 10.2 Å². The number of nitrogens with one attached hydrogen (secondary N) is 1. The summed E-state index contributed by atoms with van der Waals surface area (Å²) in [6.07, 6.45) is 10.2. The van der Waals surface area contributed by atoms with Crippen LogP contribution in [0, 0.1) is 0 Å². The highest BCUT2D eigenvalue weighted by Crippen LogP contribution is 2.36. The maximum atomic E-state index is 10.2. The van der Waals surface area contributed by atoms with Crippen LogP contribution in [0.3, 0.4) is 0 Å². The lowest BCUT2D eigenvalue weighted by Crippen LogP contribution is -2.40. The molecular formula is C28H43Cl3N2O3. The maximum absolute atomic E-state index is 10.2. The van der Waals surface area contributed by atoms with Gasteiger partial charge in [0.2, 0.25) is 0 Å². The largest absolute Gasteiger partial charge is 0.504 e. The number of unbranched alkanes of at least 4 members (excludes halogenated alkanes) is 4. The molecule has 0 bridgehead atoms. The summed E-state index contributed by atoms with van der Waals surface area (Å²) in [5, 5.41) is 24.1. The topological polar surface area (TPSA) is 65.0 Å².